The van der Waals surface area contributed by atoms with E-state index in [9.17, 15) is 4.79 Å². The summed E-state index contributed by atoms with van der Waals surface area (Å²) in [5.74, 6) is 1.87. The number of hydrogen-bond donors (Lipinski definition) is 1. The number of carbonyl (C=O) groups excluding carboxylic acids is 1. The van der Waals surface area contributed by atoms with Crippen molar-refractivity contribution < 1.29 is 18.8 Å². The number of amides is 1. The first-order chi connectivity index (χ1) is 13.7. The number of piperidine rings is 1. The maximum absolute atomic E-state index is 12.5. The van der Waals surface area contributed by atoms with Gasteiger partial charge in [0.1, 0.15) is 5.75 Å². The quantitative estimate of drug-likeness (QED) is 0.616. The molecule has 0 spiro atoms. The van der Waals surface area contributed by atoms with Crippen LogP contribution >= 0.6 is 12.4 Å². The number of aryl methyl sites for hydroxylation is 1. The van der Waals surface area contributed by atoms with E-state index in [4.69, 9.17) is 19.7 Å². The topological polar surface area (TPSA) is 104 Å². The molecule has 1 aromatic heterocycles. The molecule has 2 aromatic rings. The number of methoxy groups -OCH3 is 1. The summed E-state index contributed by atoms with van der Waals surface area (Å²) in [7, 11) is 1.62. The largest absolute Gasteiger partial charge is 0.497 e. The maximum atomic E-state index is 12.5. The number of carbonyl (C=O) groups is 1. The Morgan fingerprint density at radius 1 is 1.28 bits per heavy atom. The fourth-order valence-corrected chi connectivity index (χ4v) is 3.19. The second-order valence-corrected chi connectivity index (χ2v) is 6.83. The minimum Gasteiger partial charge on any atom is -0.497 e. The lowest BCUT2D eigenvalue weighted by Crippen LogP contribution is -2.41. The van der Waals surface area contributed by atoms with E-state index in [-0.39, 0.29) is 24.4 Å². The minimum absolute atomic E-state index is 0. The van der Waals surface area contributed by atoms with Crippen molar-refractivity contribution in [2.45, 2.75) is 38.2 Å². The number of nitrogens with zero attached hydrogens (tertiary/aromatic N) is 3. The second kappa shape index (κ2) is 11.7. The Kier molecular flexibility index (Phi) is 9.37. The standard InChI is InChI=1S/C20H28N4O4.ClH/c1-26-16-5-3-15(4-6-16)20-22-18(28-23-20)7-8-19(25)24-12-9-17(10-13-24)27-14-2-11-21;/h3-6,17H,2,7-14,21H2,1H3;1H. The summed E-state index contributed by atoms with van der Waals surface area (Å²) in [4.78, 5) is 18.7. The van der Waals surface area contributed by atoms with Crippen LogP contribution in [0, 0.1) is 0 Å². The number of halogens is 1. The predicted molar refractivity (Wildman–Crippen MR) is 111 cm³/mol. The molecule has 1 aliphatic heterocycles. The Hall–Kier alpha value is -2.16. The van der Waals surface area contributed by atoms with E-state index < -0.39 is 0 Å². The van der Waals surface area contributed by atoms with Crippen molar-refractivity contribution in [1.82, 2.24) is 15.0 Å². The van der Waals surface area contributed by atoms with Crippen molar-refractivity contribution >= 4 is 18.3 Å². The normalized spacial score (nSPS) is 14.5. The van der Waals surface area contributed by atoms with E-state index in [0.717, 1.165) is 43.7 Å². The van der Waals surface area contributed by atoms with E-state index in [1.165, 1.54) is 0 Å². The Balaban J connectivity index is 0.00000300. The third kappa shape index (κ3) is 6.69. The van der Waals surface area contributed by atoms with Crippen LogP contribution in [0.3, 0.4) is 0 Å². The minimum atomic E-state index is 0. The molecule has 1 aliphatic rings. The smallest absolute Gasteiger partial charge is 0.227 e. The zero-order chi connectivity index (χ0) is 19.8. The third-order valence-electron chi connectivity index (χ3n) is 4.87. The SMILES string of the molecule is COc1ccc(-c2noc(CCC(=O)N3CCC(OCCCN)CC3)n2)cc1.Cl. The number of benzene rings is 1. The molecule has 1 fully saturated rings. The van der Waals surface area contributed by atoms with Crippen LogP contribution in [0.2, 0.25) is 0 Å². The van der Waals surface area contributed by atoms with E-state index in [1.54, 1.807) is 7.11 Å². The van der Waals surface area contributed by atoms with Crippen molar-refractivity contribution in [3.05, 3.63) is 30.2 Å². The monoisotopic (exact) mass is 424 g/mol. The van der Waals surface area contributed by atoms with Crippen molar-refractivity contribution in [2.24, 2.45) is 5.73 Å². The summed E-state index contributed by atoms with van der Waals surface area (Å²) in [6.45, 7) is 2.80. The molecule has 0 saturated carbocycles. The van der Waals surface area contributed by atoms with Gasteiger partial charge in [-0.1, -0.05) is 5.16 Å². The molecule has 1 aromatic carbocycles. The van der Waals surface area contributed by atoms with Crippen LogP contribution in [0.4, 0.5) is 0 Å². The summed E-state index contributed by atoms with van der Waals surface area (Å²) < 4.78 is 16.2. The highest BCUT2D eigenvalue weighted by atomic mass is 35.5. The fraction of sp³-hybridized carbons (Fsp3) is 0.550. The van der Waals surface area contributed by atoms with E-state index in [0.29, 0.717) is 37.7 Å². The zero-order valence-electron chi connectivity index (χ0n) is 16.7. The van der Waals surface area contributed by atoms with Gasteiger partial charge in [-0.05, 0) is 50.1 Å². The number of likely N-dealkylation sites (tertiary alicyclic amines) is 1. The summed E-state index contributed by atoms with van der Waals surface area (Å²) in [6, 6.07) is 7.44. The lowest BCUT2D eigenvalue weighted by molar-refractivity contribution is -0.133. The Morgan fingerprint density at radius 3 is 2.66 bits per heavy atom. The van der Waals surface area contributed by atoms with Crippen molar-refractivity contribution in [3.8, 4) is 17.1 Å². The molecule has 0 radical (unpaired) electrons. The van der Waals surface area contributed by atoms with Crippen LogP contribution < -0.4 is 10.5 Å². The van der Waals surface area contributed by atoms with Gasteiger partial charge in [0.05, 0.1) is 13.2 Å². The van der Waals surface area contributed by atoms with Crippen LogP contribution in [0.1, 0.15) is 31.6 Å². The molecule has 8 nitrogen and oxygen atoms in total. The third-order valence-corrected chi connectivity index (χ3v) is 4.87. The zero-order valence-corrected chi connectivity index (χ0v) is 17.5. The molecule has 2 N–H and O–H groups in total. The van der Waals surface area contributed by atoms with Gasteiger partial charge in [0.25, 0.3) is 0 Å². The molecule has 1 amide bonds. The van der Waals surface area contributed by atoms with E-state index in [2.05, 4.69) is 10.1 Å². The summed E-state index contributed by atoms with van der Waals surface area (Å²) >= 11 is 0. The fourth-order valence-electron chi connectivity index (χ4n) is 3.19. The number of rotatable bonds is 9. The van der Waals surface area contributed by atoms with Gasteiger partial charge < -0.3 is 24.6 Å². The van der Waals surface area contributed by atoms with Gasteiger partial charge in [0, 0.05) is 38.1 Å². The second-order valence-electron chi connectivity index (χ2n) is 6.83. The average molecular weight is 425 g/mol. The van der Waals surface area contributed by atoms with Crippen molar-refractivity contribution in [2.75, 3.05) is 33.4 Å². The Morgan fingerprint density at radius 2 is 2.00 bits per heavy atom. The molecule has 0 aliphatic carbocycles. The predicted octanol–water partition coefficient (Wildman–Crippen LogP) is 2.46. The highest BCUT2D eigenvalue weighted by Gasteiger charge is 2.23. The molecule has 3 rings (SSSR count). The molecule has 9 heteroatoms. The lowest BCUT2D eigenvalue weighted by Gasteiger charge is -2.32. The van der Waals surface area contributed by atoms with Gasteiger partial charge in [-0.25, -0.2) is 0 Å². The van der Waals surface area contributed by atoms with Crippen LogP contribution in [0.5, 0.6) is 5.75 Å². The summed E-state index contributed by atoms with van der Waals surface area (Å²) in [5.41, 5.74) is 6.32. The molecule has 2 heterocycles. The average Bonchev–Trinajstić information content (AvgIpc) is 3.22. The molecular formula is C20H29ClN4O4. The van der Waals surface area contributed by atoms with Gasteiger partial charge in [-0.15, -0.1) is 12.4 Å². The number of ether oxygens (including phenoxy) is 2. The first-order valence-corrected chi connectivity index (χ1v) is 9.76. The molecule has 1 saturated heterocycles. The molecular weight excluding hydrogens is 396 g/mol. The summed E-state index contributed by atoms with van der Waals surface area (Å²) in [6.07, 6.45) is 3.66. The number of hydrogen-bond acceptors (Lipinski definition) is 7. The highest BCUT2D eigenvalue weighted by molar-refractivity contribution is 5.85. The van der Waals surface area contributed by atoms with Crippen LogP contribution in [0.25, 0.3) is 11.4 Å². The van der Waals surface area contributed by atoms with Gasteiger partial charge in [0.15, 0.2) is 0 Å². The van der Waals surface area contributed by atoms with Crippen LogP contribution in [-0.4, -0.2) is 60.4 Å². The molecule has 0 unspecified atom stereocenters. The van der Waals surface area contributed by atoms with Gasteiger partial charge >= 0.3 is 0 Å². The first-order valence-electron chi connectivity index (χ1n) is 9.76. The first kappa shape index (κ1) is 23.1. The van der Waals surface area contributed by atoms with Gasteiger partial charge in [0.2, 0.25) is 17.6 Å². The van der Waals surface area contributed by atoms with Gasteiger partial charge in [-0.3, -0.25) is 4.79 Å². The molecule has 29 heavy (non-hydrogen) atoms. The lowest BCUT2D eigenvalue weighted by atomic mass is 10.1. The van der Waals surface area contributed by atoms with E-state index in [1.807, 2.05) is 29.2 Å². The Labute approximate surface area is 177 Å². The molecule has 160 valence electrons. The number of aromatic nitrogens is 2. The maximum Gasteiger partial charge on any atom is 0.227 e. The van der Waals surface area contributed by atoms with E-state index >= 15 is 0 Å². The highest BCUT2D eigenvalue weighted by Crippen LogP contribution is 2.20. The van der Waals surface area contributed by atoms with Gasteiger partial charge in [-0.2, -0.15) is 4.98 Å². The Bertz CT molecular complexity index is 745. The molecule has 0 bridgehead atoms. The van der Waals surface area contributed by atoms with Crippen molar-refractivity contribution in [3.63, 3.8) is 0 Å². The van der Waals surface area contributed by atoms with Crippen LogP contribution in [0.15, 0.2) is 28.8 Å². The summed E-state index contributed by atoms with van der Waals surface area (Å²) in [5, 5.41) is 4.00. The van der Waals surface area contributed by atoms with Crippen LogP contribution in [-0.2, 0) is 16.0 Å². The van der Waals surface area contributed by atoms with Crippen molar-refractivity contribution in [1.29, 1.82) is 0 Å². The number of nitrogens with two attached hydrogens (primary N) is 1. The molecule has 0 atom stereocenters.